The molecule has 0 spiro atoms. The maximum absolute atomic E-state index is 13.1. The van der Waals surface area contributed by atoms with Gasteiger partial charge in [-0.1, -0.05) is 18.2 Å². The molecule has 0 bridgehead atoms. The summed E-state index contributed by atoms with van der Waals surface area (Å²) >= 11 is 0. The number of methoxy groups -OCH3 is 1. The molecule has 1 aliphatic heterocycles. The highest BCUT2D eigenvalue weighted by Crippen LogP contribution is 2.36. The third-order valence-electron chi connectivity index (χ3n) is 4.53. The first-order valence-electron chi connectivity index (χ1n) is 7.52. The molecule has 23 heavy (non-hydrogen) atoms. The van der Waals surface area contributed by atoms with E-state index in [0.29, 0.717) is 17.0 Å². The van der Waals surface area contributed by atoms with Crippen LogP contribution in [0.5, 0.6) is 5.75 Å². The summed E-state index contributed by atoms with van der Waals surface area (Å²) in [5.41, 5.74) is 0.878. The number of nitrogens with zero attached hydrogens (tertiary/aromatic N) is 2. The molecule has 1 heterocycles. The zero-order valence-corrected chi connectivity index (χ0v) is 13.4. The van der Waals surface area contributed by atoms with Crippen LogP contribution >= 0.6 is 0 Å². The summed E-state index contributed by atoms with van der Waals surface area (Å²) in [5, 5.41) is 24.8. The first-order valence-corrected chi connectivity index (χ1v) is 7.52. The number of rotatable bonds is 3. The molecule has 5 heteroatoms. The molecule has 0 amide bonds. The van der Waals surface area contributed by atoms with Gasteiger partial charge in [-0.25, -0.2) is 0 Å². The van der Waals surface area contributed by atoms with Crippen molar-refractivity contribution in [2.75, 3.05) is 7.11 Å². The number of hydrogen-bond acceptors (Lipinski definition) is 4. The standard InChI is InChI=1S/C18H20N2O3/c1-13-17(14-7-5-4-6-8-14)20(22)18(2,19(13)21)15-9-11-16(23-3)12-10-15/h4-13,21H,1-3H3. The van der Waals surface area contributed by atoms with E-state index in [1.54, 1.807) is 38.3 Å². The molecule has 2 aromatic carbocycles. The van der Waals surface area contributed by atoms with Crippen molar-refractivity contribution in [3.8, 4) is 5.75 Å². The zero-order valence-electron chi connectivity index (χ0n) is 13.4. The van der Waals surface area contributed by atoms with Crippen LogP contribution in [0.3, 0.4) is 0 Å². The van der Waals surface area contributed by atoms with Gasteiger partial charge in [0.1, 0.15) is 11.8 Å². The van der Waals surface area contributed by atoms with E-state index in [4.69, 9.17) is 4.74 Å². The van der Waals surface area contributed by atoms with E-state index >= 15 is 0 Å². The van der Waals surface area contributed by atoms with Gasteiger partial charge in [0.05, 0.1) is 7.11 Å². The van der Waals surface area contributed by atoms with Gasteiger partial charge in [-0.2, -0.15) is 4.74 Å². The second-order valence-corrected chi connectivity index (χ2v) is 5.82. The molecule has 2 aromatic rings. The predicted octanol–water partition coefficient (Wildman–Crippen LogP) is 2.96. The Labute approximate surface area is 135 Å². The van der Waals surface area contributed by atoms with Gasteiger partial charge in [0.15, 0.2) is 0 Å². The lowest BCUT2D eigenvalue weighted by Gasteiger charge is -2.29. The first kappa shape index (κ1) is 15.5. The lowest BCUT2D eigenvalue weighted by atomic mass is 10.0. The Morgan fingerprint density at radius 3 is 2.30 bits per heavy atom. The SMILES string of the molecule is COc1ccc(C2(C)N(O)C(C)C(c3ccccc3)=[N+]2[O-])cc1. The van der Waals surface area contributed by atoms with E-state index in [0.717, 1.165) is 15.4 Å². The van der Waals surface area contributed by atoms with Gasteiger partial charge < -0.3 is 15.2 Å². The summed E-state index contributed by atoms with van der Waals surface area (Å²) in [6.45, 7) is 3.54. The van der Waals surface area contributed by atoms with Crippen molar-refractivity contribution in [3.05, 3.63) is 70.9 Å². The van der Waals surface area contributed by atoms with Crippen molar-refractivity contribution in [1.82, 2.24) is 5.06 Å². The van der Waals surface area contributed by atoms with Gasteiger partial charge in [0, 0.05) is 18.1 Å². The number of benzene rings is 2. The maximum atomic E-state index is 13.1. The molecule has 2 unspecified atom stereocenters. The molecule has 0 saturated heterocycles. The highest BCUT2D eigenvalue weighted by molar-refractivity contribution is 6.01. The topological polar surface area (TPSA) is 58.8 Å². The largest absolute Gasteiger partial charge is 0.622 e. The van der Waals surface area contributed by atoms with Gasteiger partial charge in [-0.05, 0) is 43.3 Å². The minimum absolute atomic E-state index is 0.415. The Bertz CT molecular complexity index is 728. The summed E-state index contributed by atoms with van der Waals surface area (Å²) in [6.07, 6.45) is 0. The van der Waals surface area contributed by atoms with Gasteiger partial charge in [-0.15, -0.1) is 5.06 Å². The third-order valence-corrected chi connectivity index (χ3v) is 4.53. The Balaban J connectivity index is 2.12. The smallest absolute Gasteiger partial charge is 0.274 e. The van der Waals surface area contributed by atoms with Crippen LogP contribution in [0.25, 0.3) is 0 Å². The number of hydroxylamine groups is 3. The van der Waals surface area contributed by atoms with Crippen molar-refractivity contribution in [2.45, 2.75) is 25.6 Å². The first-order chi connectivity index (χ1) is 11.0. The van der Waals surface area contributed by atoms with Crippen LogP contribution in [0.1, 0.15) is 25.0 Å². The molecule has 5 nitrogen and oxygen atoms in total. The van der Waals surface area contributed by atoms with E-state index in [1.807, 2.05) is 37.3 Å². The van der Waals surface area contributed by atoms with E-state index in [2.05, 4.69) is 0 Å². The van der Waals surface area contributed by atoms with Crippen molar-refractivity contribution in [2.24, 2.45) is 0 Å². The second-order valence-electron chi connectivity index (χ2n) is 5.82. The van der Waals surface area contributed by atoms with Crippen LogP contribution in [-0.4, -0.2) is 33.9 Å². The number of ether oxygens (including phenoxy) is 1. The van der Waals surface area contributed by atoms with Gasteiger partial charge >= 0.3 is 0 Å². The molecule has 1 N–H and O–H groups in total. The fourth-order valence-corrected chi connectivity index (χ4v) is 3.11. The molecule has 1 aliphatic rings. The summed E-state index contributed by atoms with van der Waals surface area (Å²) in [5.74, 6) is 0.706. The summed E-state index contributed by atoms with van der Waals surface area (Å²) < 4.78 is 6.05. The molecular formula is C18H20N2O3. The Morgan fingerprint density at radius 1 is 1.13 bits per heavy atom. The molecule has 0 aromatic heterocycles. The van der Waals surface area contributed by atoms with Crippen LogP contribution in [0.15, 0.2) is 54.6 Å². The summed E-state index contributed by atoms with van der Waals surface area (Å²) in [6, 6.07) is 16.2. The highest BCUT2D eigenvalue weighted by atomic mass is 16.6. The minimum Gasteiger partial charge on any atom is -0.622 e. The number of hydrogen-bond donors (Lipinski definition) is 1. The monoisotopic (exact) mass is 312 g/mol. The molecule has 0 fully saturated rings. The molecule has 120 valence electrons. The average Bonchev–Trinajstić information content (AvgIpc) is 2.77. The van der Waals surface area contributed by atoms with E-state index in [-0.39, 0.29) is 0 Å². The molecule has 0 saturated carbocycles. The normalized spacial score (nSPS) is 25.0. The molecule has 2 atom stereocenters. The minimum atomic E-state index is -1.18. The fourth-order valence-electron chi connectivity index (χ4n) is 3.11. The zero-order chi connectivity index (χ0) is 16.6. The summed E-state index contributed by atoms with van der Waals surface area (Å²) in [7, 11) is 1.59. The van der Waals surface area contributed by atoms with E-state index in [1.165, 1.54) is 0 Å². The van der Waals surface area contributed by atoms with Crippen molar-refractivity contribution in [3.63, 3.8) is 0 Å². The van der Waals surface area contributed by atoms with E-state index < -0.39 is 11.7 Å². The van der Waals surface area contributed by atoms with Crippen molar-refractivity contribution in [1.29, 1.82) is 0 Å². The summed E-state index contributed by atoms with van der Waals surface area (Å²) in [4.78, 5) is 0. The van der Waals surface area contributed by atoms with Crippen LogP contribution < -0.4 is 4.74 Å². The van der Waals surface area contributed by atoms with Gasteiger partial charge in [-0.3, -0.25) is 0 Å². The van der Waals surface area contributed by atoms with Gasteiger partial charge in [0.2, 0.25) is 5.71 Å². The quantitative estimate of drug-likeness (QED) is 0.699. The Morgan fingerprint density at radius 2 is 1.74 bits per heavy atom. The van der Waals surface area contributed by atoms with Crippen LogP contribution in [0.4, 0.5) is 0 Å². The Kier molecular flexibility index (Phi) is 3.83. The van der Waals surface area contributed by atoms with E-state index in [9.17, 15) is 10.4 Å². The molecular weight excluding hydrogens is 292 g/mol. The van der Waals surface area contributed by atoms with Crippen LogP contribution in [0, 0.1) is 5.21 Å². The Hall–Kier alpha value is -2.37. The van der Waals surface area contributed by atoms with Crippen LogP contribution in [0.2, 0.25) is 0 Å². The van der Waals surface area contributed by atoms with Crippen molar-refractivity contribution < 1.29 is 14.7 Å². The second kappa shape index (κ2) is 5.68. The highest BCUT2D eigenvalue weighted by Gasteiger charge is 2.54. The molecule has 3 rings (SSSR count). The van der Waals surface area contributed by atoms with Crippen molar-refractivity contribution >= 4 is 5.71 Å². The maximum Gasteiger partial charge on any atom is 0.274 e. The average molecular weight is 312 g/mol. The van der Waals surface area contributed by atoms with Crippen LogP contribution in [-0.2, 0) is 5.66 Å². The third kappa shape index (κ3) is 2.29. The lowest BCUT2D eigenvalue weighted by Crippen LogP contribution is -2.45. The molecule has 0 radical (unpaired) electrons. The lowest BCUT2D eigenvalue weighted by molar-refractivity contribution is -0.595. The van der Waals surface area contributed by atoms with Gasteiger partial charge in [0.25, 0.3) is 5.66 Å². The predicted molar refractivity (Wildman–Crippen MR) is 87.6 cm³/mol. The molecule has 0 aliphatic carbocycles. The fraction of sp³-hybridized carbons (Fsp3) is 0.278.